The van der Waals surface area contributed by atoms with Crippen molar-refractivity contribution in [3.05, 3.63) is 89.4 Å². The number of hydrogen-bond donors (Lipinski definition) is 1. The van der Waals surface area contributed by atoms with Gasteiger partial charge in [-0.25, -0.2) is 4.98 Å². The van der Waals surface area contributed by atoms with Crippen LogP contribution in [-0.2, 0) is 0 Å². The summed E-state index contributed by atoms with van der Waals surface area (Å²) < 4.78 is 0. The number of pyridine rings is 1. The lowest BCUT2D eigenvalue weighted by Crippen LogP contribution is -2.37. The van der Waals surface area contributed by atoms with Gasteiger partial charge in [0.05, 0.1) is 11.2 Å². The summed E-state index contributed by atoms with van der Waals surface area (Å²) in [6.45, 7) is 3.43. The fraction of sp³-hybridized carbons (Fsp3) is 0.214. The number of halogens is 1. The number of amides is 1. The van der Waals surface area contributed by atoms with Gasteiger partial charge in [-0.3, -0.25) is 4.79 Å². The van der Waals surface area contributed by atoms with E-state index in [9.17, 15) is 4.79 Å². The van der Waals surface area contributed by atoms with Crippen molar-refractivity contribution in [2.24, 2.45) is 0 Å². The Kier molecular flexibility index (Phi) is 6.01. The van der Waals surface area contributed by atoms with Crippen molar-refractivity contribution >= 4 is 39.8 Å². The molecule has 0 bridgehead atoms. The van der Waals surface area contributed by atoms with Gasteiger partial charge in [-0.1, -0.05) is 29.8 Å². The second-order valence-corrected chi connectivity index (χ2v) is 9.09. The van der Waals surface area contributed by atoms with E-state index in [1.54, 1.807) is 24.3 Å². The van der Waals surface area contributed by atoms with Crippen LogP contribution in [0.2, 0.25) is 5.02 Å². The minimum Gasteiger partial charge on any atom is -0.369 e. The van der Waals surface area contributed by atoms with E-state index in [1.807, 2.05) is 30.3 Å². The number of rotatable bonds is 4. The average Bonchev–Trinajstić information content (AvgIpc) is 2.84. The lowest BCUT2D eigenvalue weighted by Gasteiger charge is -2.35. The number of nitrogens with one attached hydrogen (secondary N) is 1. The molecule has 1 N–H and O–H groups in total. The molecule has 5 heteroatoms. The normalized spacial score (nSPS) is 16.1. The number of carbonyl (C=O) groups is 1. The molecule has 1 aliphatic heterocycles. The first kappa shape index (κ1) is 21.5. The number of aromatic nitrogens is 1. The summed E-state index contributed by atoms with van der Waals surface area (Å²) in [6.07, 6.45) is 3.82. The SMILES string of the molecule is CC1CCCCN1c1ccc2nc(-c3cccc(NC(=O)c4ccc(Cl)cc4)c3)ccc2c1. The maximum Gasteiger partial charge on any atom is 0.255 e. The highest BCUT2D eigenvalue weighted by atomic mass is 35.5. The van der Waals surface area contributed by atoms with Crippen LogP contribution in [0.25, 0.3) is 22.2 Å². The summed E-state index contributed by atoms with van der Waals surface area (Å²) in [5.41, 5.74) is 5.37. The molecular formula is C28H26ClN3O. The molecular weight excluding hydrogens is 430 g/mol. The molecule has 166 valence electrons. The fourth-order valence-corrected chi connectivity index (χ4v) is 4.62. The van der Waals surface area contributed by atoms with E-state index in [1.165, 1.54) is 24.9 Å². The Morgan fingerprint density at radius 1 is 1.00 bits per heavy atom. The van der Waals surface area contributed by atoms with Gasteiger partial charge >= 0.3 is 0 Å². The van der Waals surface area contributed by atoms with Gasteiger partial charge in [-0.15, -0.1) is 0 Å². The minimum absolute atomic E-state index is 0.172. The molecule has 1 unspecified atom stereocenters. The van der Waals surface area contributed by atoms with E-state index >= 15 is 0 Å². The first-order valence-electron chi connectivity index (χ1n) is 11.4. The highest BCUT2D eigenvalue weighted by Gasteiger charge is 2.18. The quantitative estimate of drug-likeness (QED) is 0.354. The third kappa shape index (κ3) is 4.71. The number of hydrogen-bond acceptors (Lipinski definition) is 3. The van der Waals surface area contributed by atoms with E-state index < -0.39 is 0 Å². The summed E-state index contributed by atoms with van der Waals surface area (Å²) >= 11 is 5.92. The van der Waals surface area contributed by atoms with Crippen LogP contribution < -0.4 is 10.2 Å². The molecule has 4 nitrogen and oxygen atoms in total. The Labute approximate surface area is 199 Å². The Bertz CT molecular complexity index is 1300. The Morgan fingerprint density at radius 2 is 1.85 bits per heavy atom. The topological polar surface area (TPSA) is 45.2 Å². The summed E-state index contributed by atoms with van der Waals surface area (Å²) in [4.78, 5) is 20.0. The van der Waals surface area contributed by atoms with Crippen LogP contribution in [0.5, 0.6) is 0 Å². The first-order valence-corrected chi connectivity index (χ1v) is 11.8. The maximum atomic E-state index is 12.6. The van der Waals surface area contributed by atoms with Gasteiger partial charge in [0.25, 0.3) is 5.91 Å². The van der Waals surface area contributed by atoms with Gasteiger partial charge in [-0.2, -0.15) is 0 Å². The Balaban J connectivity index is 1.38. The van der Waals surface area contributed by atoms with Crippen molar-refractivity contribution in [3.63, 3.8) is 0 Å². The van der Waals surface area contributed by atoms with Crippen LogP contribution in [0.1, 0.15) is 36.5 Å². The van der Waals surface area contributed by atoms with Crippen LogP contribution >= 0.6 is 11.6 Å². The molecule has 4 aromatic rings. The van der Waals surface area contributed by atoms with Gasteiger partial charge in [0.2, 0.25) is 0 Å². The second kappa shape index (κ2) is 9.24. The maximum absolute atomic E-state index is 12.6. The molecule has 1 atom stereocenters. The van der Waals surface area contributed by atoms with E-state index in [2.05, 4.69) is 41.4 Å². The lowest BCUT2D eigenvalue weighted by atomic mass is 10.0. The van der Waals surface area contributed by atoms with E-state index in [0.717, 1.165) is 34.4 Å². The van der Waals surface area contributed by atoms with Crippen molar-refractivity contribution in [2.45, 2.75) is 32.2 Å². The molecule has 0 radical (unpaired) electrons. The molecule has 1 fully saturated rings. The van der Waals surface area contributed by atoms with Gasteiger partial charge < -0.3 is 10.2 Å². The summed E-state index contributed by atoms with van der Waals surface area (Å²) in [7, 11) is 0. The first-order chi connectivity index (χ1) is 16.1. The molecule has 0 aliphatic carbocycles. The van der Waals surface area contributed by atoms with Gasteiger partial charge in [0.15, 0.2) is 0 Å². The highest BCUT2D eigenvalue weighted by Crippen LogP contribution is 2.29. The smallest absolute Gasteiger partial charge is 0.255 e. The minimum atomic E-state index is -0.172. The zero-order chi connectivity index (χ0) is 22.8. The van der Waals surface area contributed by atoms with Crippen LogP contribution in [0.15, 0.2) is 78.9 Å². The third-order valence-electron chi connectivity index (χ3n) is 6.33. The van der Waals surface area contributed by atoms with Gasteiger partial charge in [0, 0.05) is 45.5 Å². The van der Waals surface area contributed by atoms with Crippen molar-refractivity contribution < 1.29 is 4.79 Å². The molecule has 33 heavy (non-hydrogen) atoms. The summed E-state index contributed by atoms with van der Waals surface area (Å²) in [6, 6.07) is 25.9. The number of anilines is 2. The van der Waals surface area contributed by atoms with Crippen LogP contribution in [-0.4, -0.2) is 23.5 Å². The van der Waals surface area contributed by atoms with Crippen molar-refractivity contribution in [1.29, 1.82) is 0 Å². The zero-order valence-corrected chi connectivity index (χ0v) is 19.3. The van der Waals surface area contributed by atoms with Gasteiger partial charge in [-0.05, 0) is 86.8 Å². The molecule has 5 rings (SSSR count). The molecule has 1 aromatic heterocycles. The average molecular weight is 456 g/mol. The zero-order valence-electron chi connectivity index (χ0n) is 18.6. The van der Waals surface area contributed by atoms with Gasteiger partial charge in [0.1, 0.15) is 0 Å². The number of nitrogens with zero attached hydrogens (tertiary/aromatic N) is 2. The molecule has 1 aliphatic rings. The lowest BCUT2D eigenvalue weighted by molar-refractivity contribution is 0.102. The van der Waals surface area contributed by atoms with Crippen LogP contribution in [0.3, 0.4) is 0 Å². The summed E-state index contributed by atoms with van der Waals surface area (Å²) in [5, 5.41) is 4.70. The third-order valence-corrected chi connectivity index (χ3v) is 6.58. The summed E-state index contributed by atoms with van der Waals surface area (Å²) in [5.74, 6) is -0.172. The highest BCUT2D eigenvalue weighted by molar-refractivity contribution is 6.30. The predicted molar refractivity (Wildman–Crippen MR) is 137 cm³/mol. The number of fused-ring (bicyclic) bond motifs is 1. The Morgan fingerprint density at radius 3 is 2.67 bits per heavy atom. The molecule has 1 amide bonds. The number of benzene rings is 3. The van der Waals surface area contributed by atoms with Crippen LogP contribution in [0.4, 0.5) is 11.4 Å². The Hall–Kier alpha value is -3.37. The molecule has 2 heterocycles. The monoisotopic (exact) mass is 455 g/mol. The standard InChI is InChI=1S/C28H26ClN3O/c1-19-5-2-3-16-32(19)25-13-15-27-22(18-25)10-14-26(31-27)21-6-4-7-24(17-21)30-28(33)20-8-11-23(29)12-9-20/h4,6-15,17-19H,2-3,5,16H2,1H3,(H,30,33). The van der Waals surface area contributed by atoms with Crippen molar-refractivity contribution in [3.8, 4) is 11.3 Å². The number of piperidine rings is 1. The van der Waals surface area contributed by atoms with E-state index in [0.29, 0.717) is 16.6 Å². The van der Waals surface area contributed by atoms with Crippen molar-refractivity contribution in [2.75, 3.05) is 16.8 Å². The number of carbonyl (C=O) groups excluding carboxylic acids is 1. The molecule has 0 spiro atoms. The second-order valence-electron chi connectivity index (χ2n) is 8.65. The fourth-order valence-electron chi connectivity index (χ4n) is 4.49. The molecule has 0 saturated carbocycles. The predicted octanol–water partition coefficient (Wildman–Crippen LogP) is 7.19. The molecule has 1 saturated heterocycles. The van der Waals surface area contributed by atoms with E-state index in [-0.39, 0.29) is 5.91 Å². The van der Waals surface area contributed by atoms with E-state index in [4.69, 9.17) is 16.6 Å². The van der Waals surface area contributed by atoms with Crippen molar-refractivity contribution in [1.82, 2.24) is 4.98 Å². The molecule has 3 aromatic carbocycles. The van der Waals surface area contributed by atoms with Crippen LogP contribution in [0, 0.1) is 0 Å². The largest absolute Gasteiger partial charge is 0.369 e.